The molecule has 0 aliphatic heterocycles. The van der Waals surface area contributed by atoms with Crippen molar-refractivity contribution in [3.8, 4) is 5.69 Å². The first-order chi connectivity index (χ1) is 13.9. The summed E-state index contributed by atoms with van der Waals surface area (Å²) in [5.41, 5.74) is 0.366. The summed E-state index contributed by atoms with van der Waals surface area (Å²) in [6, 6.07) is 6.28. The summed E-state index contributed by atoms with van der Waals surface area (Å²) in [6.07, 6.45) is 1.34. The van der Waals surface area contributed by atoms with Crippen molar-refractivity contribution in [3.05, 3.63) is 86.0 Å². The van der Waals surface area contributed by atoms with Crippen LogP contribution in [-0.2, 0) is 11.3 Å². The van der Waals surface area contributed by atoms with Gasteiger partial charge in [0.2, 0.25) is 0 Å². The summed E-state index contributed by atoms with van der Waals surface area (Å²) >= 11 is 1.51. The van der Waals surface area contributed by atoms with E-state index in [0.29, 0.717) is 18.7 Å². The fraction of sp³-hybridized carbons (Fsp3) is 0.238. The number of ether oxygens (including phenoxy) is 1. The highest BCUT2D eigenvalue weighted by Crippen LogP contribution is 2.17. The molecule has 1 aromatic carbocycles. The molecule has 0 N–H and O–H groups in total. The lowest BCUT2D eigenvalue weighted by Gasteiger charge is -2.23. The van der Waals surface area contributed by atoms with Crippen molar-refractivity contribution in [2.45, 2.75) is 13.5 Å². The molecule has 0 fully saturated rings. The quantitative estimate of drug-likeness (QED) is 0.587. The number of aryl methyl sites for hydroxylation is 1. The molecular formula is C21H20F2N2O3S. The van der Waals surface area contributed by atoms with Crippen molar-refractivity contribution in [1.29, 1.82) is 0 Å². The van der Waals surface area contributed by atoms with E-state index in [1.54, 1.807) is 6.92 Å². The molecule has 0 bridgehead atoms. The summed E-state index contributed by atoms with van der Waals surface area (Å²) in [5.74, 6) is -1.92. The molecule has 152 valence electrons. The first-order valence-corrected chi connectivity index (χ1v) is 9.83. The highest BCUT2D eigenvalue weighted by Gasteiger charge is 2.23. The Kier molecular flexibility index (Phi) is 6.56. The Morgan fingerprint density at radius 1 is 1.24 bits per heavy atom. The smallest absolute Gasteiger partial charge is 0.268 e. The van der Waals surface area contributed by atoms with Crippen LogP contribution in [0.4, 0.5) is 8.78 Å². The maximum Gasteiger partial charge on any atom is 0.268 e. The third-order valence-electron chi connectivity index (χ3n) is 4.49. The molecule has 0 atom stereocenters. The number of thiophene rings is 1. The van der Waals surface area contributed by atoms with Gasteiger partial charge < -0.3 is 9.64 Å². The van der Waals surface area contributed by atoms with Gasteiger partial charge in [-0.15, -0.1) is 0 Å². The van der Waals surface area contributed by atoms with Crippen LogP contribution in [0.2, 0.25) is 0 Å². The lowest BCUT2D eigenvalue weighted by molar-refractivity contribution is 0.0677. The molecular weight excluding hydrogens is 398 g/mol. The number of carbonyl (C=O) groups excluding carboxylic acids is 1. The Labute approximate surface area is 170 Å². The molecule has 3 rings (SSSR count). The third kappa shape index (κ3) is 4.60. The lowest BCUT2D eigenvalue weighted by atomic mass is 10.1. The summed E-state index contributed by atoms with van der Waals surface area (Å²) < 4.78 is 33.9. The third-order valence-corrected chi connectivity index (χ3v) is 5.22. The average Bonchev–Trinajstić information content (AvgIpc) is 3.20. The first kappa shape index (κ1) is 20.9. The monoisotopic (exact) mass is 418 g/mol. The van der Waals surface area contributed by atoms with Crippen LogP contribution in [-0.4, -0.2) is 35.6 Å². The van der Waals surface area contributed by atoms with Gasteiger partial charge in [0, 0.05) is 32.5 Å². The minimum absolute atomic E-state index is 0.0810. The number of amides is 1. The second-order valence-electron chi connectivity index (χ2n) is 6.50. The van der Waals surface area contributed by atoms with E-state index in [2.05, 4.69) is 0 Å². The van der Waals surface area contributed by atoms with Crippen molar-refractivity contribution in [2.24, 2.45) is 0 Å². The molecule has 0 aliphatic rings. The maximum atomic E-state index is 14.2. The van der Waals surface area contributed by atoms with Gasteiger partial charge in [-0.25, -0.2) is 8.78 Å². The maximum absolute atomic E-state index is 14.2. The zero-order chi connectivity index (χ0) is 21.0. The van der Waals surface area contributed by atoms with Gasteiger partial charge >= 0.3 is 0 Å². The fourth-order valence-corrected chi connectivity index (χ4v) is 3.62. The number of benzene rings is 1. The van der Waals surface area contributed by atoms with Crippen LogP contribution in [0, 0.1) is 18.6 Å². The van der Waals surface area contributed by atoms with Gasteiger partial charge in [0.15, 0.2) is 0 Å². The van der Waals surface area contributed by atoms with Crippen LogP contribution in [0.5, 0.6) is 0 Å². The van der Waals surface area contributed by atoms with Gasteiger partial charge in [0.05, 0.1) is 12.3 Å². The van der Waals surface area contributed by atoms with Crippen molar-refractivity contribution >= 4 is 17.2 Å². The highest BCUT2D eigenvalue weighted by atomic mass is 32.1. The number of nitrogens with zero attached hydrogens (tertiary/aromatic N) is 2. The van der Waals surface area contributed by atoms with E-state index in [1.807, 2.05) is 16.8 Å². The molecule has 3 aromatic rings. The Hall–Kier alpha value is -2.84. The average molecular weight is 418 g/mol. The van der Waals surface area contributed by atoms with E-state index in [9.17, 15) is 18.4 Å². The minimum Gasteiger partial charge on any atom is -0.383 e. The van der Waals surface area contributed by atoms with E-state index in [-0.39, 0.29) is 17.8 Å². The molecule has 5 nitrogen and oxygen atoms in total. The summed E-state index contributed by atoms with van der Waals surface area (Å²) in [5, 5.41) is 3.83. The largest absolute Gasteiger partial charge is 0.383 e. The molecule has 0 unspecified atom stereocenters. The summed E-state index contributed by atoms with van der Waals surface area (Å²) in [4.78, 5) is 27.8. The van der Waals surface area contributed by atoms with Gasteiger partial charge in [-0.05, 0) is 53.1 Å². The van der Waals surface area contributed by atoms with E-state index in [1.165, 1.54) is 35.6 Å². The van der Waals surface area contributed by atoms with Crippen molar-refractivity contribution in [1.82, 2.24) is 9.47 Å². The van der Waals surface area contributed by atoms with Crippen LogP contribution >= 0.6 is 11.3 Å². The Morgan fingerprint density at radius 3 is 2.72 bits per heavy atom. The molecule has 2 aromatic heterocycles. The lowest BCUT2D eigenvalue weighted by Crippen LogP contribution is -2.38. The Balaban J connectivity index is 2.05. The second-order valence-corrected chi connectivity index (χ2v) is 7.28. The van der Waals surface area contributed by atoms with Gasteiger partial charge in [-0.3, -0.25) is 14.2 Å². The van der Waals surface area contributed by atoms with E-state index < -0.39 is 23.1 Å². The predicted octanol–water partition coefficient (Wildman–Crippen LogP) is 3.77. The Bertz CT molecular complexity index is 1060. The van der Waals surface area contributed by atoms with Crippen molar-refractivity contribution < 1.29 is 18.3 Å². The molecule has 8 heteroatoms. The Morgan fingerprint density at radius 2 is 2.03 bits per heavy atom. The fourth-order valence-electron chi connectivity index (χ4n) is 2.96. The number of hydrogen-bond acceptors (Lipinski definition) is 4. The van der Waals surface area contributed by atoms with Gasteiger partial charge in [0.25, 0.3) is 11.5 Å². The molecule has 0 aliphatic carbocycles. The topological polar surface area (TPSA) is 51.5 Å². The number of halogens is 2. The number of pyridine rings is 1. The molecule has 29 heavy (non-hydrogen) atoms. The van der Waals surface area contributed by atoms with Gasteiger partial charge in [0.1, 0.15) is 17.2 Å². The number of methoxy groups -OCH3 is 1. The zero-order valence-corrected chi connectivity index (χ0v) is 16.8. The minimum atomic E-state index is -0.759. The highest BCUT2D eigenvalue weighted by molar-refractivity contribution is 7.07. The normalized spacial score (nSPS) is 10.9. The van der Waals surface area contributed by atoms with E-state index in [0.717, 1.165) is 28.3 Å². The molecule has 1 amide bonds. The number of carbonyl (C=O) groups is 1. The molecule has 0 saturated carbocycles. The van der Waals surface area contributed by atoms with Gasteiger partial charge in [-0.1, -0.05) is 0 Å². The second kappa shape index (κ2) is 9.11. The van der Waals surface area contributed by atoms with Crippen molar-refractivity contribution in [2.75, 3.05) is 20.3 Å². The standard InChI is InChI=1S/C21H20F2N2O3S/c1-14-5-7-25(18-11-16(22)3-4-17(18)23)21(27)19(14)20(26)24(8-9-28-2)12-15-6-10-29-13-15/h3-7,10-11,13H,8-9,12H2,1-2H3. The molecule has 0 radical (unpaired) electrons. The van der Waals surface area contributed by atoms with Crippen LogP contribution in [0.3, 0.4) is 0 Å². The van der Waals surface area contributed by atoms with Crippen molar-refractivity contribution in [3.63, 3.8) is 0 Å². The van der Waals surface area contributed by atoms with Crippen LogP contribution in [0.25, 0.3) is 5.69 Å². The number of rotatable bonds is 7. The van der Waals surface area contributed by atoms with E-state index in [4.69, 9.17) is 4.74 Å². The number of aromatic nitrogens is 1. The molecule has 0 spiro atoms. The molecule has 2 heterocycles. The predicted molar refractivity (Wildman–Crippen MR) is 108 cm³/mol. The summed E-state index contributed by atoms with van der Waals surface area (Å²) in [6.45, 7) is 2.54. The summed E-state index contributed by atoms with van der Waals surface area (Å²) in [7, 11) is 1.53. The van der Waals surface area contributed by atoms with Crippen LogP contribution in [0.1, 0.15) is 21.5 Å². The van der Waals surface area contributed by atoms with Crippen LogP contribution in [0.15, 0.2) is 52.1 Å². The SMILES string of the molecule is COCCN(Cc1ccsc1)C(=O)c1c(C)ccn(-c2cc(F)ccc2F)c1=O. The molecule has 0 saturated heterocycles. The van der Waals surface area contributed by atoms with E-state index >= 15 is 0 Å². The number of hydrogen-bond donors (Lipinski definition) is 0. The van der Waals surface area contributed by atoms with Crippen LogP contribution < -0.4 is 5.56 Å². The first-order valence-electron chi connectivity index (χ1n) is 8.89. The van der Waals surface area contributed by atoms with Gasteiger partial charge in [-0.2, -0.15) is 11.3 Å². The zero-order valence-electron chi connectivity index (χ0n) is 16.0.